The summed E-state index contributed by atoms with van der Waals surface area (Å²) >= 11 is 0. The van der Waals surface area contributed by atoms with Crippen LogP contribution in [0.2, 0.25) is 0 Å². The minimum atomic E-state index is -0.811. The number of carboxylic acid groups (broad SMARTS) is 1. The van der Waals surface area contributed by atoms with Crippen LogP contribution in [0.5, 0.6) is 0 Å². The molecule has 0 aromatic carbocycles. The Kier molecular flexibility index (Phi) is 7.76. The third-order valence-corrected chi connectivity index (χ3v) is 3.44. The van der Waals surface area contributed by atoms with E-state index in [4.69, 9.17) is 10.8 Å². The molecule has 0 aliphatic carbocycles. The number of carboxylic acids is 1. The van der Waals surface area contributed by atoms with Gasteiger partial charge in [0.15, 0.2) is 0 Å². The fraction of sp³-hybridized carbons (Fsp3) is 0.786. The third kappa shape index (κ3) is 8.88. The van der Waals surface area contributed by atoms with Crippen molar-refractivity contribution in [2.24, 2.45) is 17.1 Å². The lowest BCUT2D eigenvalue weighted by molar-refractivity contribution is -0.137. The van der Waals surface area contributed by atoms with Gasteiger partial charge in [0.25, 0.3) is 0 Å². The molecule has 0 aliphatic rings. The van der Waals surface area contributed by atoms with Gasteiger partial charge in [0.1, 0.15) is 6.54 Å². The van der Waals surface area contributed by atoms with Crippen molar-refractivity contribution in [2.45, 2.75) is 40.0 Å². The van der Waals surface area contributed by atoms with Crippen molar-refractivity contribution in [3.8, 4) is 0 Å². The zero-order chi connectivity index (χ0) is 16.6. The molecule has 0 aliphatic heterocycles. The lowest BCUT2D eigenvalue weighted by Gasteiger charge is -2.30. The van der Waals surface area contributed by atoms with Gasteiger partial charge < -0.3 is 21.1 Å². The van der Waals surface area contributed by atoms with E-state index >= 15 is 0 Å². The quantitative estimate of drug-likeness (QED) is 0.621. The average Bonchev–Trinajstić information content (AvgIpc) is 2.30. The van der Waals surface area contributed by atoms with Crippen molar-refractivity contribution >= 4 is 17.9 Å². The molecule has 0 heterocycles. The SMILES string of the molecule is CN(CC(N)=O)C(=O)NCCC(CCC(=O)O)C(C)(C)C. The van der Waals surface area contributed by atoms with Gasteiger partial charge in [-0.15, -0.1) is 0 Å². The minimum Gasteiger partial charge on any atom is -0.481 e. The van der Waals surface area contributed by atoms with E-state index in [9.17, 15) is 14.4 Å². The van der Waals surface area contributed by atoms with Crippen molar-refractivity contribution in [1.82, 2.24) is 10.2 Å². The number of amides is 3. The molecule has 0 fully saturated rings. The lowest BCUT2D eigenvalue weighted by Crippen LogP contribution is -2.42. The second kappa shape index (κ2) is 8.49. The van der Waals surface area contributed by atoms with Crippen LogP contribution in [0.25, 0.3) is 0 Å². The fourth-order valence-corrected chi connectivity index (χ4v) is 2.10. The Morgan fingerprint density at radius 3 is 2.24 bits per heavy atom. The van der Waals surface area contributed by atoms with E-state index < -0.39 is 11.9 Å². The molecule has 1 atom stereocenters. The smallest absolute Gasteiger partial charge is 0.317 e. The van der Waals surface area contributed by atoms with Crippen LogP contribution in [0.3, 0.4) is 0 Å². The summed E-state index contributed by atoms with van der Waals surface area (Å²) in [6.07, 6.45) is 1.39. The first-order valence-corrected chi connectivity index (χ1v) is 7.03. The first-order valence-electron chi connectivity index (χ1n) is 7.03. The molecule has 21 heavy (non-hydrogen) atoms. The predicted molar refractivity (Wildman–Crippen MR) is 79.7 cm³/mol. The van der Waals surface area contributed by atoms with Crippen LogP contribution < -0.4 is 11.1 Å². The number of carbonyl (C=O) groups is 3. The van der Waals surface area contributed by atoms with Crippen LogP contribution in [0, 0.1) is 11.3 Å². The van der Waals surface area contributed by atoms with Gasteiger partial charge in [-0.25, -0.2) is 4.79 Å². The molecule has 7 nitrogen and oxygen atoms in total. The molecule has 0 aromatic rings. The van der Waals surface area contributed by atoms with E-state index in [2.05, 4.69) is 26.1 Å². The standard InChI is InChI=1S/C14H27N3O4/c1-14(2,3)10(5-6-12(19)20)7-8-16-13(21)17(4)9-11(15)18/h10H,5-9H2,1-4H3,(H2,15,18)(H,16,21)(H,19,20). The molecule has 0 radical (unpaired) electrons. The maximum atomic E-state index is 11.7. The second-order valence-corrected chi connectivity index (χ2v) is 6.34. The summed E-state index contributed by atoms with van der Waals surface area (Å²) in [4.78, 5) is 34.3. The van der Waals surface area contributed by atoms with E-state index in [1.54, 1.807) is 0 Å². The summed E-state index contributed by atoms with van der Waals surface area (Å²) in [5.41, 5.74) is 4.99. The Morgan fingerprint density at radius 2 is 1.81 bits per heavy atom. The zero-order valence-electron chi connectivity index (χ0n) is 13.3. The van der Waals surface area contributed by atoms with Crippen LogP contribution in [-0.2, 0) is 9.59 Å². The molecule has 0 bridgehead atoms. The van der Waals surface area contributed by atoms with Crippen molar-refractivity contribution in [3.05, 3.63) is 0 Å². The molecule has 122 valence electrons. The number of primary amides is 1. The van der Waals surface area contributed by atoms with Gasteiger partial charge in [-0.3, -0.25) is 9.59 Å². The van der Waals surface area contributed by atoms with Gasteiger partial charge in [-0.2, -0.15) is 0 Å². The Morgan fingerprint density at radius 1 is 1.24 bits per heavy atom. The molecule has 0 spiro atoms. The van der Waals surface area contributed by atoms with Crippen LogP contribution in [0.4, 0.5) is 4.79 Å². The Labute approximate surface area is 125 Å². The number of nitrogens with zero attached hydrogens (tertiary/aromatic N) is 1. The molecule has 1 unspecified atom stereocenters. The molecule has 0 saturated carbocycles. The van der Waals surface area contributed by atoms with Crippen molar-refractivity contribution < 1.29 is 19.5 Å². The number of hydrogen-bond acceptors (Lipinski definition) is 3. The van der Waals surface area contributed by atoms with E-state index in [0.717, 1.165) is 0 Å². The number of rotatable bonds is 8. The van der Waals surface area contributed by atoms with Crippen LogP contribution in [0.1, 0.15) is 40.0 Å². The van der Waals surface area contributed by atoms with Crippen LogP contribution >= 0.6 is 0 Å². The molecule has 7 heteroatoms. The number of urea groups is 1. The van der Waals surface area contributed by atoms with Crippen LogP contribution in [0.15, 0.2) is 0 Å². The Balaban J connectivity index is 4.27. The second-order valence-electron chi connectivity index (χ2n) is 6.34. The highest BCUT2D eigenvalue weighted by Crippen LogP contribution is 2.32. The number of likely N-dealkylation sites (N-methyl/N-ethyl adjacent to an activating group) is 1. The van der Waals surface area contributed by atoms with Crippen molar-refractivity contribution in [1.29, 1.82) is 0 Å². The van der Waals surface area contributed by atoms with E-state index in [1.807, 2.05) is 0 Å². The first kappa shape index (κ1) is 19.2. The van der Waals surface area contributed by atoms with E-state index in [-0.39, 0.29) is 30.3 Å². The van der Waals surface area contributed by atoms with Gasteiger partial charge >= 0.3 is 12.0 Å². The number of hydrogen-bond donors (Lipinski definition) is 3. The predicted octanol–water partition coefficient (Wildman–Crippen LogP) is 1.03. The largest absolute Gasteiger partial charge is 0.481 e. The topological polar surface area (TPSA) is 113 Å². The Bertz CT molecular complexity index is 377. The molecular formula is C14H27N3O4. The highest BCUT2D eigenvalue weighted by Gasteiger charge is 2.25. The van der Waals surface area contributed by atoms with Gasteiger partial charge in [-0.05, 0) is 24.2 Å². The lowest BCUT2D eigenvalue weighted by atomic mass is 9.76. The summed E-state index contributed by atoms with van der Waals surface area (Å²) in [6, 6.07) is -0.361. The number of nitrogens with one attached hydrogen (secondary N) is 1. The first-order chi connectivity index (χ1) is 9.54. The summed E-state index contributed by atoms with van der Waals surface area (Å²) < 4.78 is 0. The summed E-state index contributed by atoms with van der Waals surface area (Å²) in [5, 5.41) is 11.5. The van der Waals surface area contributed by atoms with Crippen molar-refractivity contribution in [2.75, 3.05) is 20.1 Å². The van der Waals surface area contributed by atoms with Gasteiger partial charge in [0.2, 0.25) is 5.91 Å². The average molecular weight is 301 g/mol. The van der Waals surface area contributed by atoms with Crippen LogP contribution in [-0.4, -0.2) is 48.1 Å². The molecule has 3 amide bonds. The maximum Gasteiger partial charge on any atom is 0.317 e. The molecule has 0 rings (SSSR count). The Hall–Kier alpha value is -1.79. The van der Waals surface area contributed by atoms with E-state index in [0.29, 0.717) is 19.4 Å². The van der Waals surface area contributed by atoms with Gasteiger partial charge in [0, 0.05) is 20.0 Å². The zero-order valence-corrected chi connectivity index (χ0v) is 13.3. The molecule has 4 N–H and O–H groups in total. The normalized spacial score (nSPS) is 12.6. The number of carbonyl (C=O) groups excluding carboxylic acids is 2. The van der Waals surface area contributed by atoms with E-state index in [1.165, 1.54) is 11.9 Å². The van der Waals surface area contributed by atoms with Crippen molar-refractivity contribution in [3.63, 3.8) is 0 Å². The third-order valence-electron chi connectivity index (χ3n) is 3.44. The summed E-state index contributed by atoms with van der Waals surface area (Å²) in [6.45, 7) is 6.47. The summed E-state index contributed by atoms with van der Waals surface area (Å²) in [5.74, 6) is -1.19. The van der Waals surface area contributed by atoms with Gasteiger partial charge in [0.05, 0.1) is 0 Å². The maximum absolute atomic E-state index is 11.7. The highest BCUT2D eigenvalue weighted by molar-refractivity contribution is 5.82. The number of nitrogens with two attached hydrogens (primary N) is 1. The fourth-order valence-electron chi connectivity index (χ4n) is 2.10. The molecule has 0 saturated heterocycles. The molecule has 0 aromatic heterocycles. The number of aliphatic carboxylic acids is 1. The minimum absolute atomic E-state index is 0.0285. The highest BCUT2D eigenvalue weighted by atomic mass is 16.4. The summed E-state index contributed by atoms with van der Waals surface area (Å²) in [7, 11) is 1.49. The van der Waals surface area contributed by atoms with Gasteiger partial charge in [-0.1, -0.05) is 20.8 Å². The monoisotopic (exact) mass is 301 g/mol. The molecular weight excluding hydrogens is 274 g/mol.